The predicted octanol–water partition coefficient (Wildman–Crippen LogP) is 4.63. The molecule has 29 heavy (non-hydrogen) atoms. The van der Waals surface area contributed by atoms with Crippen molar-refractivity contribution < 1.29 is 23.8 Å². The van der Waals surface area contributed by atoms with Gasteiger partial charge >= 0.3 is 5.97 Å². The van der Waals surface area contributed by atoms with Gasteiger partial charge in [-0.05, 0) is 31.2 Å². The number of benzene rings is 3. The van der Waals surface area contributed by atoms with E-state index in [0.717, 1.165) is 0 Å². The van der Waals surface area contributed by atoms with Crippen molar-refractivity contribution in [3.8, 4) is 11.5 Å². The smallest absolute Gasteiger partial charge is 0.348 e. The molecule has 5 nitrogen and oxygen atoms in total. The van der Waals surface area contributed by atoms with E-state index in [9.17, 15) is 9.59 Å². The van der Waals surface area contributed by atoms with E-state index in [4.69, 9.17) is 14.2 Å². The Morgan fingerprint density at radius 1 is 0.759 bits per heavy atom. The fourth-order valence-corrected chi connectivity index (χ4v) is 2.77. The third-order valence-corrected chi connectivity index (χ3v) is 4.34. The molecule has 0 fully saturated rings. The highest BCUT2D eigenvalue weighted by Crippen LogP contribution is 2.24. The molecule has 0 saturated carbocycles. The maximum absolute atomic E-state index is 13.0. The van der Waals surface area contributed by atoms with Crippen molar-refractivity contribution in [3.63, 3.8) is 0 Å². The van der Waals surface area contributed by atoms with Crippen LogP contribution in [0.1, 0.15) is 28.9 Å². The van der Waals surface area contributed by atoms with E-state index in [1.807, 2.05) is 12.1 Å². The van der Waals surface area contributed by atoms with Crippen LogP contribution in [-0.4, -0.2) is 25.0 Å². The molecule has 0 N–H and O–H groups in total. The van der Waals surface area contributed by atoms with Crippen LogP contribution in [0.3, 0.4) is 0 Å². The Bertz CT molecular complexity index is 936. The molecule has 3 aromatic rings. The zero-order chi connectivity index (χ0) is 20.6. The maximum atomic E-state index is 13.0. The Kier molecular flexibility index (Phi) is 6.63. The van der Waals surface area contributed by atoms with E-state index in [1.54, 1.807) is 86.8 Å². The minimum atomic E-state index is -1.05. The normalized spacial score (nSPS) is 12.5. The molecule has 148 valence electrons. The van der Waals surface area contributed by atoms with Crippen LogP contribution in [0, 0.1) is 0 Å². The zero-order valence-corrected chi connectivity index (χ0v) is 16.3. The molecule has 0 bridgehead atoms. The Morgan fingerprint density at radius 2 is 1.31 bits per heavy atom. The molecule has 5 heteroatoms. The Morgan fingerprint density at radius 3 is 1.90 bits per heavy atom. The number of hydrogen-bond acceptors (Lipinski definition) is 5. The lowest BCUT2D eigenvalue weighted by Gasteiger charge is -2.20. The predicted molar refractivity (Wildman–Crippen MR) is 109 cm³/mol. The zero-order valence-electron chi connectivity index (χ0n) is 16.3. The second-order valence-electron chi connectivity index (χ2n) is 6.39. The molecule has 0 spiro atoms. The molecule has 0 aliphatic rings. The topological polar surface area (TPSA) is 61.8 Å². The molecule has 2 atom stereocenters. The molecule has 0 heterocycles. The van der Waals surface area contributed by atoms with Crippen LogP contribution in [0.15, 0.2) is 84.9 Å². The maximum Gasteiger partial charge on any atom is 0.348 e. The van der Waals surface area contributed by atoms with Gasteiger partial charge in [-0.1, -0.05) is 60.7 Å². The Labute approximate surface area is 169 Å². The van der Waals surface area contributed by atoms with E-state index < -0.39 is 18.2 Å². The first-order valence-corrected chi connectivity index (χ1v) is 9.24. The van der Waals surface area contributed by atoms with Crippen molar-refractivity contribution in [2.75, 3.05) is 7.11 Å². The molecule has 0 saturated heterocycles. The molecular weight excluding hydrogens is 368 g/mol. The summed E-state index contributed by atoms with van der Waals surface area (Å²) in [6, 6.07) is 24.6. The highest BCUT2D eigenvalue weighted by molar-refractivity contribution is 6.01. The van der Waals surface area contributed by atoms with Gasteiger partial charge in [0.15, 0.2) is 12.2 Å². The minimum absolute atomic E-state index is 0.290. The third kappa shape index (κ3) is 5.23. The molecule has 2 unspecified atom stereocenters. The fourth-order valence-electron chi connectivity index (χ4n) is 2.77. The largest absolute Gasteiger partial charge is 0.497 e. The summed E-state index contributed by atoms with van der Waals surface area (Å²) in [5, 5.41) is 0. The lowest BCUT2D eigenvalue weighted by molar-refractivity contribution is -0.154. The van der Waals surface area contributed by atoms with Gasteiger partial charge in [0.1, 0.15) is 11.5 Å². The average Bonchev–Trinajstić information content (AvgIpc) is 2.78. The van der Waals surface area contributed by atoms with Gasteiger partial charge in [0.2, 0.25) is 5.78 Å². The summed E-state index contributed by atoms with van der Waals surface area (Å²) >= 11 is 0. The van der Waals surface area contributed by atoms with E-state index in [1.165, 1.54) is 0 Å². The van der Waals surface area contributed by atoms with Gasteiger partial charge < -0.3 is 14.2 Å². The van der Waals surface area contributed by atoms with Crippen molar-refractivity contribution in [2.45, 2.75) is 19.1 Å². The van der Waals surface area contributed by atoms with Crippen LogP contribution in [0.25, 0.3) is 0 Å². The summed E-state index contributed by atoms with van der Waals surface area (Å²) in [6.45, 7) is 1.58. The average molecular weight is 390 g/mol. The number of carbonyl (C=O) groups excluding carboxylic acids is 2. The number of esters is 1. The van der Waals surface area contributed by atoms with Crippen LogP contribution >= 0.6 is 0 Å². The summed E-state index contributed by atoms with van der Waals surface area (Å²) < 4.78 is 16.4. The molecule has 3 aromatic carbocycles. The monoisotopic (exact) mass is 390 g/mol. The number of rotatable bonds is 8. The van der Waals surface area contributed by atoms with Gasteiger partial charge in [-0.3, -0.25) is 4.79 Å². The van der Waals surface area contributed by atoms with Gasteiger partial charge in [0.25, 0.3) is 0 Å². The third-order valence-electron chi connectivity index (χ3n) is 4.34. The van der Waals surface area contributed by atoms with Crippen LogP contribution in [0.4, 0.5) is 0 Å². The van der Waals surface area contributed by atoms with E-state index in [-0.39, 0.29) is 5.78 Å². The summed E-state index contributed by atoms with van der Waals surface area (Å²) in [5.74, 6) is 0.270. The van der Waals surface area contributed by atoms with Crippen LogP contribution < -0.4 is 9.47 Å². The number of ether oxygens (including phenoxy) is 3. The lowest BCUT2D eigenvalue weighted by Crippen LogP contribution is -2.30. The molecule has 3 rings (SSSR count). The lowest BCUT2D eigenvalue weighted by atomic mass is 10.00. The number of hydrogen-bond donors (Lipinski definition) is 0. The first-order chi connectivity index (χ1) is 14.1. The van der Waals surface area contributed by atoms with Gasteiger partial charge in [-0.2, -0.15) is 0 Å². The summed E-state index contributed by atoms with van der Waals surface area (Å²) in [4.78, 5) is 25.7. The van der Waals surface area contributed by atoms with Crippen molar-refractivity contribution in [1.82, 2.24) is 0 Å². The molecular formula is C24H22O5. The van der Waals surface area contributed by atoms with E-state index in [0.29, 0.717) is 22.6 Å². The molecule has 0 aliphatic heterocycles. The molecule has 0 aromatic heterocycles. The quantitative estimate of drug-likeness (QED) is 0.415. The van der Waals surface area contributed by atoms with Crippen LogP contribution in [0.2, 0.25) is 0 Å². The van der Waals surface area contributed by atoms with E-state index in [2.05, 4.69) is 0 Å². The van der Waals surface area contributed by atoms with Gasteiger partial charge in [0.05, 0.1) is 7.11 Å². The Balaban J connectivity index is 1.75. The first kappa shape index (κ1) is 20.1. The highest BCUT2D eigenvalue weighted by atomic mass is 16.6. The summed E-state index contributed by atoms with van der Waals surface area (Å²) in [6.07, 6.45) is -1.94. The number of methoxy groups -OCH3 is 1. The van der Waals surface area contributed by atoms with Crippen LogP contribution in [-0.2, 0) is 9.53 Å². The molecule has 0 radical (unpaired) electrons. The number of carbonyl (C=O) groups is 2. The number of Topliss-reactive ketones (excluding diaryl/α,β-unsaturated/α-hetero) is 1. The van der Waals surface area contributed by atoms with Gasteiger partial charge in [-0.15, -0.1) is 0 Å². The SMILES string of the molecule is COc1ccc(OC(C)C(=O)OC(C(=O)c2ccccc2)c2ccccc2)cc1. The number of ketones is 1. The second kappa shape index (κ2) is 9.55. The first-order valence-electron chi connectivity index (χ1n) is 9.24. The van der Waals surface area contributed by atoms with Crippen molar-refractivity contribution in [1.29, 1.82) is 0 Å². The van der Waals surface area contributed by atoms with Crippen molar-refractivity contribution in [2.24, 2.45) is 0 Å². The second-order valence-corrected chi connectivity index (χ2v) is 6.39. The van der Waals surface area contributed by atoms with Crippen LogP contribution in [0.5, 0.6) is 11.5 Å². The van der Waals surface area contributed by atoms with E-state index >= 15 is 0 Å². The van der Waals surface area contributed by atoms with Gasteiger partial charge in [-0.25, -0.2) is 4.79 Å². The summed E-state index contributed by atoms with van der Waals surface area (Å²) in [5.41, 5.74) is 1.07. The molecule has 0 amide bonds. The highest BCUT2D eigenvalue weighted by Gasteiger charge is 2.29. The van der Waals surface area contributed by atoms with Crippen molar-refractivity contribution >= 4 is 11.8 Å². The standard InChI is InChI=1S/C24H22O5/c1-17(28-21-15-13-20(27-2)14-16-21)24(26)29-23(19-11-7-4-8-12-19)22(25)18-9-5-3-6-10-18/h3-17,23H,1-2H3. The molecule has 0 aliphatic carbocycles. The Hall–Kier alpha value is -3.60. The fraction of sp³-hybridized carbons (Fsp3) is 0.167. The van der Waals surface area contributed by atoms with Gasteiger partial charge in [0, 0.05) is 11.1 Å². The summed E-state index contributed by atoms with van der Waals surface area (Å²) in [7, 11) is 1.57. The van der Waals surface area contributed by atoms with Crippen molar-refractivity contribution in [3.05, 3.63) is 96.1 Å². The minimum Gasteiger partial charge on any atom is -0.497 e.